The van der Waals surface area contributed by atoms with Crippen LogP contribution in [-0.4, -0.2) is 45.9 Å². The van der Waals surface area contributed by atoms with Gasteiger partial charge in [0.2, 0.25) is 15.9 Å². The fraction of sp³-hybridized carbons (Fsp3) is 0.435. The van der Waals surface area contributed by atoms with E-state index in [0.717, 1.165) is 24.8 Å². The quantitative estimate of drug-likeness (QED) is 0.667. The van der Waals surface area contributed by atoms with Crippen molar-refractivity contribution in [1.82, 2.24) is 4.31 Å². The maximum atomic E-state index is 13.1. The zero-order valence-electron chi connectivity index (χ0n) is 18.3. The van der Waals surface area contributed by atoms with Crippen LogP contribution in [0.3, 0.4) is 0 Å². The van der Waals surface area contributed by atoms with Gasteiger partial charge < -0.3 is 14.8 Å². The summed E-state index contributed by atoms with van der Waals surface area (Å²) in [5, 5.41) is 2.83. The number of nitrogens with zero attached hydrogens (tertiary/aromatic N) is 1. The van der Waals surface area contributed by atoms with Crippen molar-refractivity contribution in [3.63, 3.8) is 0 Å². The molecule has 0 bridgehead atoms. The minimum atomic E-state index is -3.57. The number of sulfonamides is 1. The number of carbonyl (C=O) groups is 1. The molecule has 2 aromatic rings. The smallest absolute Gasteiger partial charge is 0.243 e. The average molecular weight is 447 g/mol. The van der Waals surface area contributed by atoms with E-state index in [0.29, 0.717) is 42.3 Å². The number of benzene rings is 2. The first kappa shape index (κ1) is 23.1. The Bertz CT molecular complexity index is 1030. The maximum absolute atomic E-state index is 13.1. The molecule has 0 aromatic heterocycles. The summed E-state index contributed by atoms with van der Waals surface area (Å²) in [6.45, 7) is 2.86. The molecule has 168 valence electrons. The van der Waals surface area contributed by atoms with E-state index in [-0.39, 0.29) is 17.2 Å². The lowest BCUT2D eigenvalue weighted by Gasteiger charge is -2.26. The SMILES string of the molecule is COc1ccc(OC)c(CCC(=O)Nc2ccc(C)c(S(=O)(=O)N3CCCCC3)c2)c1. The highest BCUT2D eigenvalue weighted by molar-refractivity contribution is 7.89. The van der Waals surface area contributed by atoms with Crippen LogP contribution in [0.25, 0.3) is 0 Å². The van der Waals surface area contributed by atoms with Crippen molar-refractivity contribution in [2.24, 2.45) is 0 Å². The van der Waals surface area contributed by atoms with Crippen molar-refractivity contribution < 1.29 is 22.7 Å². The fourth-order valence-corrected chi connectivity index (χ4v) is 5.52. The minimum absolute atomic E-state index is 0.199. The third-order valence-corrected chi connectivity index (χ3v) is 7.55. The van der Waals surface area contributed by atoms with E-state index in [2.05, 4.69) is 5.32 Å². The van der Waals surface area contributed by atoms with Crippen LogP contribution in [0.5, 0.6) is 11.5 Å². The fourth-order valence-electron chi connectivity index (χ4n) is 3.75. The Morgan fingerprint density at radius 2 is 1.77 bits per heavy atom. The first-order chi connectivity index (χ1) is 14.8. The molecule has 1 fully saturated rings. The summed E-state index contributed by atoms with van der Waals surface area (Å²) >= 11 is 0. The number of amides is 1. The van der Waals surface area contributed by atoms with E-state index < -0.39 is 10.0 Å². The molecule has 1 heterocycles. The highest BCUT2D eigenvalue weighted by Gasteiger charge is 2.27. The molecule has 0 aliphatic carbocycles. The second-order valence-corrected chi connectivity index (χ2v) is 9.58. The van der Waals surface area contributed by atoms with Gasteiger partial charge in [0, 0.05) is 25.2 Å². The third-order valence-electron chi connectivity index (χ3n) is 5.51. The van der Waals surface area contributed by atoms with Crippen LogP contribution in [-0.2, 0) is 21.2 Å². The maximum Gasteiger partial charge on any atom is 0.243 e. The zero-order chi connectivity index (χ0) is 22.4. The molecule has 1 N–H and O–H groups in total. The molecule has 2 aromatic carbocycles. The Balaban J connectivity index is 1.70. The molecule has 3 rings (SSSR count). The van der Waals surface area contributed by atoms with E-state index in [1.165, 1.54) is 0 Å². The van der Waals surface area contributed by atoms with Crippen LogP contribution >= 0.6 is 0 Å². The highest BCUT2D eigenvalue weighted by Crippen LogP contribution is 2.27. The lowest BCUT2D eigenvalue weighted by Crippen LogP contribution is -2.36. The lowest BCUT2D eigenvalue weighted by atomic mass is 10.1. The normalized spacial score (nSPS) is 14.8. The summed E-state index contributed by atoms with van der Waals surface area (Å²) in [5.74, 6) is 1.19. The van der Waals surface area contributed by atoms with Gasteiger partial charge in [0.05, 0.1) is 19.1 Å². The first-order valence-electron chi connectivity index (χ1n) is 10.5. The van der Waals surface area contributed by atoms with Crippen LogP contribution in [0.15, 0.2) is 41.3 Å². The van der Waals surface area contributed by atoms with Crippen LogP contribution < -0.4 is 14.8 Å². The van der Waals surface area contributed by atoms with Gasteiger partial charge >= 0.3 is 0 Å². The van der Waals surface area contributed by atoms with E-state index in [4.69, 9.17) is 9.47 Å². The highest BCUT2D eigenvalue weighted by atomic mass is 32.2. The number of ether oxygens (including phenoxy) is 2. The Hall–Kier alpha value is -2.58. The Kier molecular flexibility index (Phi) is 7.56. The predicted octanol–water partition coefficient (Wildman–Crippen LogP) is 3.76. The largest absolute Gasteiger partial charge is 0.497 e. The van der Waals surface area contributed by atoms with Crippen molar-refractivity contribution in [3.8, 4) is 11.5 Å². The number of rotatable bonds is 8. The van der Waals surface area contributed by atoms with E-state index in [1.54, 1.807) is 49.7 Å². The van der Waals surface area contributed by atoms with Crippen molar-refractivity contribution in [2.45, 2.75) is 43.9 Å². The number of nitrogens with one attached hydrogen (secondary N) is 1. The van der Waals surface area contributed by atoms with Crippen molar-refractivity contribution in [1.29, 1.82) is 0 Å². The summed E-state index contributed by atoms with van der Waals surface area (Å²) in [4.78, 5) is 12.8. The molecule has 0 spiro atoms. The topological polar surface area (TPSA) is 84.9 Å². The van der Waals surface area contributed by atoms with Crippen molar-refractivity contribution in [3.05, 3.63) is 47.5 Å². The molecular weight excluding hydrogens is 416 g/mol. The predicted molar refractivity (Wildman–Crippen MR) is 120 cm³/mol. The molecular formula is C23H30N2O5S. The second-order valence-electron chi connectivity index (χ2n) is 7.67. The molecule has 7 nitrogen and oxygen atoms in total. The molecule has 1 saturated heterocycles. The number of methoxy groups -OCH3 is 2. The van der Waals surface area contributed by atoms with Gasteiger partial charge in [0.25, 0.3) is 0 Å². The molecule has 1 aliphatic heterocycles. The summed E-state index contributed by atoms with van der Waals surface area (Å²) in [6.07, 6.45) is 3.51. The monoisotopic (exact) mass is 446 g/mol. The molecule has 8 heteroatoms. The van der Waals surface area contributed by atoms with Crippen LogP contribution in [0.1, 0.15) is 36.8 Å². The molecule has 31 heavy (non-hydrogen) atoms. The van der Waals surface area contributed by atoms with Gasteiger partial charge in [-0.3, -0.25) is 4.79 Å². The van der Waals surface area contributed by atoms with E-state index in [9.17, 15) is 13.2 Å². The van der Waals surface area contributed by atoms with Crippen LogP contribution in [0.2, 0.25) is 0 Å². The summed E-state index contributed by atoms with van der Waals surface area (Å²) in [5.41, 5.74) is 2.02. The molecule has 0 atom stereocenters. The molecule has 0 unspecified atom stereocenters. The molecule has 1 amide bonds. The standard InChI is InChI=1S/C23H30N2O5S/c1-17-7-9-19(16-22(17)31(27,28)25-13-5-4-6-14-25)24-23(26)12-8-18-15-20(29-2)10-11-21(18)30-3/h7,9-11,15-16H,4-6,8,12-14H2,1-3H3,(H,24,26). The third kappa shape index (κ3) is 5.57. The number of anilines is 1. The Labute approximate surface area is 184 Å². The van der Waals surface area contributed by atoms with Gasteiger partial charge in [-0.1, -0.05) is 12.5 Å². The summed E-state index contributed by atoms with van der Waals surface area (Å²) in [6, 6.07) is 10.5. The van der Waals surface area contributed by atoms with E-state index in [1.807, 2.05) is 12.1 Å². The van der Waals surface area contributed by atoms with Gasteiger partial charge in [-0.15, -0.1) is 0 Å². The first-order valence-corrected chi connectivity index (χ1v) is 11.9. The van der Waals surface area contributed by atoms with Crippen LogP contribution in [0, 0.1) is 6.92 Å². The van der Waals surface area contributed by atoms with Gasteiger partial charge in [-0.05, 0) is 67.6 Å². The Morgan fingerprint density at radius 1 is 1.03 bits per heavy atom. The number of carbonyl (C=O) groups excluding carboxylic acids is 1. The number of piperidine rings is 1. The molecule has 1 aliphatic rings. The van der Waals surface area contributed by atoms with Crippen molar-refractivity contribution in [2.75, 3.05) is 32.6 Å². The molecule has 0 saturated carbocycles. The summed E-state index contributed by atoms with van der Waals surface area (Å²) in [7, 11) is -0.398. The van der Waals surface area contributed by atoms with E-state index >= 15 is 0 Å². The number of hydrogen-bond donors (Lipinski definition) is 1. The average Bonchev–Trinajstić information content (AvgIpc) is 2.79. The lowest BCUT2D eigenvalue weighted by molar-refractivity contribution is -0.116. The Morgan fingerprint density at radius 3 is 2.45 bits per heavy atom. The summed E-state index contributed by atoms with van der Waals surface area (Å²) < 4.78 is 38.3. The molecule has 0 radical (unpaired) electrons. The van der Waals surface area contributed by atoms with Gasteiger partial charge in [0.1, 0.15) is 11.5 Å². The van der Waals surface area contributed by atoms with Gasteiger partial charge in [-0.25, -0.2) is 8.42 Å². The minimum Gasteiger partial charge on any atom is -0.497 e. The van der Waals surface area contributed by atoms with Gasteiger partial charge in [-0.2, -0.15) is 4.31 Å². The number of hydrogen-bond acceptors (Lipinski definition) is 5. The zero-order valence-corrected chi connectivity index (χ0v) is 19.1. The number of aryl methyl sites for hydroxylation is 2. The van der Waals surface area contributed by atoms with Crippen LogP contribution in [0.4, 0.5) is 5.69 Å². The van der Waals surface area contributed by atoms with Crippen molar-refractivity contribution >= 4 is 21.6 Å². The second kappa shape index (κ2) is 10.2. The van der Waals surface area contributed by atoms with Gasteiger partial charge in [0.15, 0.2) is 0 Å².